The lowest BCUT2D eigenvalue weighted by atomic mass is 10.1. The molecule has 0 aliphatic heterocycles. The van der Waals surface area contributed by atoms with Gasteiger partial charge in [0.25, 0.3) is 0 Å². The van der Waals surface area contributed by atoms with Crippen LogP contribution in [0.2, 0.25) is 10.0 Å². The number of rotatable bonds is 1. The second-order valence-electron chi connectivity index (χ2n) is 3.65. The number of halogens is 6. The molecule has 100 valence electrons. The van der Waals surface area contributed by atoms with Gasteiger partial charge in [-0.25, -0.2) is 4.98 Å². The van der Waals surface area contributed by atoms with Gasteiger partial charge in [0, 0.05) is 14.2 Å². The summed E-state index contributed by atoms with van der Waals surface area (Å²) in [6.07, 6.45) is -4.50. The second-order valence-corrected chi connectivity index (χ2v) is 5.65. The van der Waals surface area contributed by atoms with Gasteiger partial charge in [-0.05, 0) is 52.9 Å². The number of aromatic nitrogens is 1. The van der Waals surface area contributed by atoms with E-state index in [1.165, 1.54) is 18.2 Å². The fourth-order valence-corrected chi connectivity index (χ4v) is 2.44. The number of benzene rings is 1. The third-order valence-corrected chi connectivity index (χ3v) is 3.76. The fraction of sp³-hybridized carbons (Fsp3) is 0.0833. The van der Waals surface area contributed by atoms with Crippen LogP contribution in [0.5, 0.6) is 0 Å². The van der Waals surface area contributed by atoms with E-state index in [4.69, 9.17) is 23.2 Å². The molecule has 7 heteroatoms. The van der Waals surface area contributed by atoms with Crippen molar-refractivity contribution in [3.05, 3.63) is 49.6 Å². The fourth-order valence-electron chi connectivity index (χ4n) is 1.47. The van der Waals surface area contributed by atoms with E-state index in [0.29, 0.717) is 19.2 Å². The van der Waals surface area contributed by atoms with Gasteiger partial charge in [0.2, 0.25) is 0 Å². The third-order valence-electron chi connectivity index (χ3n) is 2.32. The quantitative estimate of drug-likeness (QED) is 0.544. The molecule has 0 aliphatic carbocycles. The Balaban J connectivity index is 2.64. The van der Waals surface area contributed by atoms with Crippen LogP contribution in [0.4, 0.5) is 13.2 Å². The maximum atomic E-state index is 12.7. The molecule has 0 aliphatic rings. The first kappa shape index (κ1) is 14.9. The van der Waals surface area contributed by atoms with Crippen molar-refractivity contribution in [2.45, 2.75) is 6.18 Å². The molecule has 1 nitrogen and oxygen atoms in total. The van der Waals surface area contributed by atoms with Crippen LogP contribution in [0.25, 0.3) is 11.3 Å². The molecule has 2 rings (SSSR count). The van der Waals surface area contributed by atoms with E-state index in [1.54, 1.807) is 6.07 Å². The molecular formula is C12H5Cl2F3IN. The highest BCUT2D eigenvalue weighted by Gasteiger charge is 2.33. The Morgan fingerprint density at radius 2 is 1.74 bits per heavy atom. The van der Waals surface area contributed by atoms with Crippen LogP contribution in [-0.2, 0) is 6.18 Å². The average molecular weight is 418 g/mol. The lowest BCUT2D eigenvalue weighted by Gasteiger charge is -2.11. The summed E-state index contributed by atoms with van der Waals surface area (Å²) in [7, 11) is 0. The molecule has 0 spiro atoms. The topological polar surface area (TPSA) is 12.9 Å². The predicted octanol–water partition coefficient (Wildman–Crippen LogP) is 5.68. The monoisotopic (exact) mass is 417 g/mol. The minimum absolute atomic E-state index is 0.169. The predicted molar refractivity (Wildman–Crippen MR) is 77.4 cm³/mol. The molecule has 0 atom stereocenters. The standard InChI is InChI=1S/C12H5Cl2F3IN/c13-6-1-2-8(14)7(5-6)11-9(18)3-4-10(19-11)12(15,16)17/h1-5H. The zero-order valence-electron chi connectivity index (χ0n) is 9.10. The summed E-state index contributed by atoms with van der Waals surface area (Å²) in [6, 6.07) is 6.87. The van der Waals surface area contributed by atoms with Crippen molar-refractivity contribution in [2.24, 2.45) is 0 Å². The van der Waals surface area contributed by atoms with Gasteiger partial charge in [-0.1, -0.05) is 23.2 Å². The van der Waals surface area contributed by atoms with Gasteiger partial charge in [-0.15, -0.1) is 0 Å². The van der Waals surface area contributed by atoms with Gasteiger partial charge >= 0.3 is 6.18 Å². The van der Waals surface area contributed by atoms with Crippen LogP contribution in [0, 0.1) is 3.57 Å². The Kier molecular flexibility index (Phi) is 4.27. The maximum absolute atomic E-state index is 12.7. The smallest absolute Gasteiger partial charge is 0.242 e. The molecule has 0 radical (unpaired) electrons. The summed E-state index contributed by atoms with van der Waals surface area (Å²) in [5, 5.41) is 0.684. The van der Waals surface area contributed by atoms with Crippen molar-refractivity contribution in [3.8, 4) is 11.3 Å². The molecule has 19 heavy (non-hydrogen) atoms. The van der Waals surface area contributed by atoms with Crippen LogP contribution < -0.4 is 0 Å². The molecule has 0 N–H and O–H groups in total. The van der Waals surface area contributed by atoms with Crippen molar-refractivity contribution in [3.63, 3.8) is 0 Å². The second kappa shape index (κ2) is 5.46. The largest absolute Gasteiger partial charge is 0.433 e. The van der Waals surface area contributed by atoms with E-state index in [0.717, 1.165) is 6.07 Å². The first-order chi connectivity index (χ1) is 8.79. The summed E-state index contributed by atoms with van der Waals surface area (Å²) in [5.41, 5.74) is -0.411. The van der Waals surface area contributed by atoms with E-state index in [9.17, 15) is 13.2 Å². The van der Waals surface area contributed by atoms with Crippen LogP contribution >= 0.6 is 45.8 Å². The van der Waals surface area contributed by atoms with Crippen LogP contribution in [0.1, 0.15) is 5.69 Å². The highest BCUT2D eigenvalue weighted by atomic mass is 127. The first-order valence-corrected chi connectivity index (χ1v) is 6.81. The third kappa shape index (κ3) is 3.32. The van der Waals surface area contributed by atoms with Crippen molar-refractivity contribution in [1.29, 1.82) is 0 Å². The van der Waals surface area contributed by atoms with Gasteiger partial charge in [-0.3, -0.25) is 0 Å². The Hall–Kier alpha value is -0.530. The van der Waals surface area contributed by atoms with E-state index >= 15 is 0 Å². The number of pyridine rings is 1. The number of alkyl halides is 3. The Bertz CT molecular complexity index is 629. The van der Waals surface area contributed by atoms with E-state index in [1.807, 2.05) is 22.6 Å². The maximum Gasteiger partial charge on any atom is 0.433 e. The average Bonchev–Trinajstić information content (AvgIpc) is 2.32. The summed E-state index contributed by atoms with van der Waals surface area (Å²) >= 11 is 13.7. The van der Waals surface area contributed by atoms with Crippen LogP contribution in [0.15, 0.2) is 30.3 Å². The van der Waals surface area contributed by atoms with Gasteiger partial charge in [0.1, 0.15) is 5.69 Å². The molecular weight excluding hydrogens is 413 g/mol. The Morgan fingerprint density at radius 3 is 2.37 bits per heavy atom. The zero-order chi connectivity index (χ0) is 14.2. The molecule has 1 aromatic heterocycles. The molecule has 0 unspecified atom stereocenters. The molecule has 0 fully saturated rings. The molecule has 0 saturated heterocycles. The van der Waals surface area contributed by atoms with Gasteiger partial charge < -0.3 is 0 Å². The number of hydrogen-bond acceptors (Lipinski definition) is 1. The van der Waals surface area contributed by atoms with Gasteiger partial charge in [0.05, 0.1) is 10.7 Å². The van der Waals surface area contributed by atoms with Crippen molar-refractivity contribution >= 4 is 45.8 Å². The molecule has 2 aromatic rings. The molecule has 0 amide bonds. The van der Waals surface area contributed by atoms with Crippen LogP contribution in [-0.4, -0.2) is 4.98 Å². The Labute approximate surface area is 130 Å². The van der Waals surface area contributed by atoms with Crippen LogP contribution in [0.3, 0.4) is 0 Å². The summed E-state index contributed by atoms with van der Waals surface area (Å²) in [6.45, 7) is 0. The highest BCUT2D eigenvalue weighted by Crippen LogP contribution is 2.35. The highest BCUT2D eigenvalue weighted by molar-refractivity contribution is 14.1. The number of hydrogen-bond donors (Lipinski definition) is 0. The number of nitrogens with zero attached hydrogens (tertiary/aromatic N) is 1. The van der Waals surface area contributed by atoms with Gasteiger partial charge in [-0.2, -0.15) is 13.2 Å². The zero-order valence-corrected chi connectivity index (χ0v) is 12.8. The minimum Gasteiger partial charge on any atom is -0.242 e. The molecule has 0 saturated carbocycles. The van der Waals surface area contributed by atoms with E-state index in [2.05, 4.69) is 4.98 Å². The van der Waals surface area contributed by atoms with Crippen molar-refractivity contribution in [2.75, 3.05) is 0 Å². The lowest BCUT2D eigenvalue weighted by Crippen LogP contribution is -2.09. The SMILES string of the molecule is FC(F)(F)c1ccc(I)c(-c2cc(Cl)ccc2Cl)n1. The molecule has 0 bridgehead atoms. The van der Waals surface area contributed by atoms with Crippen molar-refractivity contribution in [1.82, 2.24) is 4.98 Å². The van der Waals surface area contributed by atoms with E-state index in [-0.39, 0.29) is 5.69 Å². The summed E-state index contributed by atoms with van der Waals surface area (Å²) < 4.78 is 38.6. The lowest BCUT2D eigenvalue weighted by molar-refractivity contribution is -0.141. The molecule has 1 heterocycles. The minimum atomic E-state index is -4.50. The summed E-state index contributed by atoms with van der Waals surface area (Å²) in [5.74, 6) is 0. The van der Waals surface area contributed by atoms with Crippen molar-refractivity contribution < 1.29 is 13.2 Å². The van der Waals surface area contributed by atoms with Gasteiger partial charge in [0.15, 0.2) is 0 Å². The summed E-state index contributed by atoms with van der Waals surface area (Å²) in [4.78, 5) is 3.64. The Morgan fingerprint density at radius 1 is 1.05 bits per heavy atom. The van der Waals surface area contributed by atoms with E-state index < -0.39 is 11.9 Å². The molecule has 1 aromatic carbocycles. The first-order valence-electron chi connectivity index (χ1n) is 4.98. The normalized spacial score (nSPS) is 11.7.